The van der Waals surface area contributed by atoms with E-state index in [1.807, 2.05) is 27.7 Å². The highest BCUT2D eigenvalue weighted by molar-refractivity contribution is 6.74. The number of ether oxygens (including phenoxy) is 3. The Morgan fingerprint density at radius 1 is 1.18 bits per heavy atom. The fraction of sp³-hybridized carbons (Fsp3) is 0.923. The summed E-state index contributed by atoms with van der Waals surface area (Å²) in [6.07, 6.45) is 5.18. The first-order valence-corrected chi connectivity index (χ1v) is 15.5. The molecule has 190 valence electrons. The van der Waals surface area contributed by atoms with E-state index in [1.54, 1.807) is 0 Å². The van der Waals surface area contributed by atoms with Gasteiger partial charge < -0.3 is 23.5 Å². The first kappa shape index (κ1) is 28.3. The van der Waals surface area contributed by atoms with E-state index in [0.717, 1.165) is 38.5 Å². The molecule has 33 heavy (non-hydrogen) atoms. The van der Waals surface area contributed by atoms with Crippen molar-refractivity contribution in [2.45, 2.75) is 135 Å². The van der Waals surface area contributed by atoms with E-state index in [9.17, 15) is 4.79 Å². The van der Waals surface area contributed by atoms with Gasteiger partial charge in [0.1, 0.15) is 5.60 Å². The Balaban J connectivity index is 2.04. The van der Waals surface area contributed by atoms with E-state index >= 15 is 0 Å². The zero-order valence-electron chi connectivity index (χ0n) is 22.5. The van der Waals surface area contributed by atoms with Gasteiger partial charge in [-0.15, -0.1) is 0 Å². The van der Waals surface area contributed by atoms with Gasteiger partial charge in [0, 0.05) is 19.8 Å². The highest BCUT2D eigenvalue weighted by atomic mass is 28.4. The van der Waals surface area contributed by atoms with Crippen molar-refractivity contribution in [1.29, 1.82) is 0 Å². The molecule has 2 rings (SSSR count). The van der Waals surface area contributed by atoms with E-state index in [-0.39, 0.29) is 35.4 Å². The summed E-state index contributed by atoms with van der Waals surface area (Å²) in [6, 6.07) is -0.0412. The normalized spacial score (nSPS) is 29.3. The standard InChI is InChI=1S/C26H47NO5Si/c1-19(27-8)16-20-13-14-22-26(32-20,18-30-33(9,10)25(5,6)7)17-21(31-22)12-11-15-29-23(28)24(2,3)4/h19-22H,11-18H2,1-7,9-10H3/t19-,20-,21?,22+,26-/m1/s1. The van der Waals surface area contributed by atoms with E-state index in [4.69, 9.17) is 25.2 Å². The van der Waals surface area contributed by atoms with Crippen molar-refractivity contribution in [3.63, 3.8) is 0 Å². The van der Waals surface area contributed by atoms with Crippen molar-refractivity contribution in [3.8, 4) is 0 Å². The first-order valence-electron chi connectivity index (χ1n) is 12.6. The van der Waals surface area contributed by atoms with Gasteiger partial charge in [-0.1, -0.05) is 20.8 Å². The lowest BCUT2D eigenvalue weighted by Crippen LogP contribution is -2.55. The molecule has 2 aliphatic heterocycles. The largest absolute Gasteiger partial charge is 0.465 e. The Hall–Kier alpha value is -0.943. The molecule has 0 N–H and O–H groups in total. The fourth-order valence-electron chi connectivity index (χ4n) is 4.27. The molecule has 0 saturated carbocycles. The molecule has 1 unspecified atom stereocenters. The Bertz CT molecular complexity index is 705. The minimum absolute atomic E-state index is 0.0175. The van der Waals surface area contributed by atoms with Crippen LogP contribution >= 0.6 is 0 Å². The van der Waals surface area contributed by atoms with Crippen LogP contribution in [0.4, 0.5) is 0 Å². The molecular formula is C26H47NO5Si. The van der Waals surface area contributed by atoms with E-state index in [0.29, 0.717) is 13.2 Å². The summed E-state index contributed by atoms with van der Waals surface area (Å²) in [5, 5.41) is 0.127. The van der Waals surface area contributed by atoms with E-state index in [1.165, 1.54) is 0 Å². The highest BCUT2D eigenvalue weighted by Gasteiger charge is 2.54. The summed E-state index contributed by atoms with van der Waals surface area (Å²) in [6.45, 7) is 27.2. The minimum Gasteiger partial charge on any atom is -0.465 e. The Morgan fingerprint density at radius 2 is 1.85 bits per heavy atom. The van der Waals surface area contributed by atoms with Gasteiger partial charge in [0.05, 0.1) is 36.9 Å². The smallest absolute Gasteiger partial charge is 0.311 e. The Labute approximate surface area is 203 Å². The second-order valence-electron chi connectivity index (χ2n) is 12.6. The van der Waals surface area contributed by atoms with Crippen molar-refractivity contribution in [3.05, 3.63) is 11.4 Å². The number of carbonyl (C=O) groups excluding carboxylic acids is 1. The molecule has 0 aromatic rings. The molecular weight excluding hydrogens is 434 g/mol. The van der Waals surface area contributed by atoms with Gasteiger partial charge in [-0.05, 0) is 64.6 Å². The van der Waals surface area contributed by atoms with Crippen LogP contribution in [-0.2, 0) is 23.4 Å². The molecule has 2 fully saturated rings. The summed E-state index contributed by atoms with van der Waals surface area (Å²) in [5.74, 6) is -0.164. The van der Waals surface area contributed by atoms with Gasteiger partial charge in [0.15, 0.2) is 8.32 Å². The van der Waals surface area contributed by atoms with Crippen LogP contribution < -0.4 is 0 Å². The van der Waals surface area contributed by atoms with Crippen molar-refractivity contribution in [2.75, 3.05) is 13.2 Å². The fourth-order valence-corrected chi connectivity index (χ4v) is 5.31. The topological polar surface area (TPSA) is 58.4 Å². The minimum atomic E-state index is -1.94. The zero-order valence-corrected chi connectivity index (χ0v) is 23.5. The molecule has 0 amide bonds. The summed E-state index contributed by atoms with van der Waals surface area (Å²) in [7, 11) is -1.94. The molecule has 5 atom stereocenters. The summed E-state index contributed by atoms with van der Waals surface area (Å²) in [4.78, 5) is 15.7. The van der Waals surface area contributed by atoms with Gasteiger partial charge >= 0.3 is 5.97 Å². The zero-order chi connectivity index (χ0) is 25.1. The number of hydrogen-bond acceptors (Lipinski definition) is 5. The van der Waals surface area contributed by atoms with Crippen molar-refractivity contribution in [2.24, 2.45) is 5.41 Å². The van der Waals surface area contributed by atoms with Gasteiger partial charge in [0.2, 0.25) is 6.04 Å². The number of hydrogen-bond donors (Lipinski definition) is 0. The molecule has 0 spiro atoms. The average Bonchev–Trinajstić information content (AvgIpc) is 3.06. The number of nitrogens with zero attached hydrogens (tertiary/aromatic N) is 1. The van der Waals surface area contributed by atoms with E-state index < -0.39 is 19.3 Å². The second-order valence-corrected chi connectivity index (χ2v) is 17.4. The average molecular weight is 482 g/mol. The predicted molar refractivity (Wildman–Crippen MR) is 134 cm³/mol. The monoisotopic (exact) mass is 481 g/mol. The molecule has 0 aromatic carbocycles. The van der Waals surface area contributed by atoms with Crippen molar-refractivity contribution in [1.82, 2.24) is 0 Å². The molecule has 0 aromatic heterocycles. The quantitative estimate of drug-likeness (QED) is 0.171. The van der Waals surface area contributed by atoms with Gasteiger partial charge in [-0.2, -0.15) is 0 Å². The maximum absolute atomic E-state index is 12.0. The Kier molecular flexibility index (Phi) is 9.23. The van der Waals surface area contributed by atoms with Gasteiger partial charge in [-0.3, -0.25) is 4.79 Å². The van der Waals surface area contributed by atoms with Crippen LogP contribution in [0.5, 0.6) is 0 Å². The highest BCUT2D eigenvalue weighted by Crippen LogP contribution is 2.46. The van der Waals surface area contributed by atoms with Crippen molar-refractivity contribution >= 4 is 14.3 Å². The molecule has 2 aliphatic rings. The van der Waals surface area contributed by atoms with Crippen LogP contribution in [0.1, 0.15) is 87.0 Å². The molecule has 6 nitrogen and oxygen atoms in total. The summed E-state index contributed by atoms with van der Waals surface area (Å²) < 4.78 is 25.3. The van der Waals surface area contributed by atoms with Crippen LogP contribution in [0.25, 0.3) is 4.85 Å². The number of esters is 1. The molecule has 0 radical (unpaired) electrons. The third-order valence-electron chi connectivity index (χ3n) is 7.49. The summed E-state index contributed by atoms with van der Waals surface area (Å²) in [5.41, 5.74) is -0.928. The molecule has 0 bridgehead atoms. The lowest BCUT2D eigenvalue weighted by atomic mass is 9.85. The third-order valence-corrected chi connectivity index (χ3v) is 12.0. The maximum atomic E-state index is 12.0. The van der Waals surface area contributed by atoms with Crippen LogP contribution in [0.3, 0.4) is 0 Å². The number of fused-ring (bicyclic) bond motifs is 1. The van der Waals surface area contributed by atoms with Gasteiger partial charge in [-0.25, -0.2) is 6.57 Å². The van der Waals surface area contributed by atoms with Crippen LogP contribution in [0.15, 0.2) is 0 Å². The summed E-state index contributed by atoms with van der Waals surface area (Å²) >= 11 is 0. The molecule has 2 heterocycles. The molecule has 7 heteroatoms. The third kappa shape index (κ3) is 7.52. The van der Waals surface area contributed by atoms with Gasteiger partial charge in [0.25, 0.3) is 0 Å². The lowest BCUT2D eigenvalue weighted by molar-refractivity contribution is -0.181. The first-order chi connectivity index (χ1) is 15.1. The van der Waals surface area contributed by atoms with Crippen molar-refractivity contribution < 1.29 is 23.4 Å². The van der Waals surface area contributed by atoms with Crippen LogP contribution in [0, 0.1) is 12.0 Å². The second kappa shape index (κ2) is 10.8. The Morgan fingerprint density at radius 3 is 2.42 bits per heavy atom. The maximum Gasteiger partial charge on any atom is 0.311 e. The number of carbonyl (C=O) groups is 1. The molecule has 0 aliphatic carbocycles. The van der Waals surface area contributed by atoms with Crippen LogP contribution in [-0.4, -0.2) is 57.5 Å². The van der Waals surface area contributed by atoms with E-state index in [2.05, 4.69) is 38.7 Å². The predicted octanol–water partition coefficient (Wildman–Crippen LogP) is 6.15. The number of rotatable bonds is 9. The van der Waals surface area contributed by atoms with Crippen LogP contribution in [0.2, 0.25) is 18.1 Å². The lowest BCUT2D eigenvalue weighted by Gasteiger charge is -2.45. The molecule has 2 saturated heterocycles. The SMILES string of the molecule is [C-]#[N+][C@H](C)C[C@H]1CC[C@@H]2OC(CCCOC(=O)C(C)(C)C)C[C@]2(CO[Si](C)(C)C(C)(C)C)O1.